The van der Waals surface area contributed by atoms with Crippen molar-refractivity contribution in [1.29, 1.82) is 0 Å². The Balaban J connectivity index is 1.82. The number of ether oxygens (including phenoxy) is 1. The van der Waals surface area contributed by atoms with E-state index < -0.39 is 28.5 Å². The van der Waals surface area contributed by atoms with Crippen LogP contribution in [0.1, 0.15) is 29.2 Å². The molecule has 0 fully saturated rings. The monoisotopic (exact) mass is 613 g/mol. The van der Waals surface area contributed by atoms with Gasteiger partial charge < -0.3 is 15.0 Å². The number of nitrogens with zero attached hydrogens (tertiary/aromatic N) is 2. The highest BCUT2D eigenvalue weighted by molar-refractivity contribution is 7.92. The minimum atomic E-state index is -4.19. The summed E-state index contributed by atoms with van der Waals surface area (Å²) < 4.78 is 34.8. The highest BCUT2D eigenvalue weighted by atomic mass is 32.2. The van der Waals surface area contributed by atoms with Gasteiger partial charge in [0.15, 0.2) is 0 Å². The molecule has 0 bridgehead atoms. The van der Waals surface area contributed by atoms with Crippen molar-refractivity contribution in [2.24, 2.45) is 0 Å². The minimum Gasteiger partial charge on any atom is -0.497 e. The van der Waals surface area contributed by atoms with Crippen molar-refractivity contribution in [3.8, 4) is 5.75 Å². The smallest absolute Gasteiger partial charge is 0.264 e. The van der Waals surface area contributed by atoms with E-state index in [0.717, 1.165) is 26.6 Å². The summed E-state index contributed by atoms with van der Waals surface area (Å²) in [5.74, 6) is -0.383. The lowest BCUT2D eigenvalue weighted by Crippen LogP contribution is -2.53. The Morgan fingerprint density at radius 3 is 2.20 bits per heavy atom. The third kappa shape index (κ3) is 7.85. The van der Waals surface area contributed by atoms with E-state index in [9.17, 15) is 18.0 Å². The number of rotatable bonds is 13. The highest BCUT2D eigenvalue weighted by Crippen LogP contribution is 2.28. The van der Waals surface area contributed by atoms with E-state index in [-0.39, 0.29) is 29.5 Å². The van der Waals surface area contributed by atoms with Crippen molar-refractivity contribution in [3.05, 3.63) is 125 Å². The summed E-state index contributed by atoms with van der Waals surface area (Å²) in [4.78, 5) is 29.6. The summed E-state index contributed by atoms with van der Waals surface area (Å²) in [5, 5.41) is 2.88. The topological polar surface area (TPSA) is 96.0 Å². The number of carbonyl (C=O) groups is 2. The van der Waals surface area contributed by atoms with E-state index >= 15 is 0 Å². The van der Waals surface area contributed by atoms with E-state index in [0.29, 0.717) is 12.3 Å². The first-order valence-corrected chi connectivity index (χ1v) is 16.0. The highest BCUT2D eigenvalue weighted by Gasteiger charge is 2.34. The van der Waals surface area contributed by atoms with Gasteiger partial charge in [0.05, 0.1) is 17.7 Å². The quantitative estimate of drug-likeness (QED) is 0.221. The Kier molecular flexibility index (Phi) is 10.8. The van der Waals surface area contributed by atoms with Gasteiger partial charge >= 0.3 is 0 Å². The van der Waals surface area contributed by atoms with Crippen LogP contribution in [-0.4, -0.2) is 51.4 Å². The fourth-order valence-electron chi connectivity index (χ4n) is 4.95. The molecule has 0 saturated carbocycles. The normalized spacial score (nSPS) is 11.8. The molecular weight excluding hydrogens is 574 g/mol. The van der Waals surface area contributed by atoms with Crippen LogP contribution in [0.2, 0.25) is 0 Å². The van der Waals surface area contributed by atoms with Crippen LogP contribution in [-0.2, 0) is 32.6 Å². The maximum atomic E-state index is 14.5. The van der Waals surface area contributed by atoms with E-state index in [1.165, 1.54) is 24.1 Å². The number of likely N-dealkylation sites (N-methyl/N-ethyl adjacent to an activating group) is 1. The molecule has 0 aliphatic carbocycles. The number of nitrogens with one attached hydrogen (secondary N) is 1. The van der Waals surface area contributed by atoms with Crippen molar-refractivity contribution >= 4 is 27.5 Å². The molecule has 230 valence electrons. The van der Waals surface area contributed by atoms with Crippen LogP contribution in [0, 0.1) is 13.8 Å². The standard InChI is InChI=1S/C35H39N3O5S/c1-5-36-35(40)33(22-28-13-7-6-8-14-28)37(24-29-15-10-9-12-27(29)3)34(39)25-38(30-16-11-17-31(23-30)43-4)44(41,42)32-20-18-26(2)19-21-32/h6-21,23,33H,5,22,24-25H2,1-4H3,(H,36,40)/t33-/m1/s1. The molecule has 0 aromatic heterocycles. The zero-order valence-electron chi connectivity index (χ0n) is 25.6. The molecule has 4 aromatic rings. The van der Waals surface area contributed by atoms with Gasteiger partial charge in [-0.25, -0.2) is 8.42 Å². The predicted molar refractivity (Wildman–Crippen MR) is 173 cm³/mol. The average Bonchev–Trinajstić information content (AvgIpc) is 3.03. The largest absolute Gasteiger partial charge is 0.497 e. The molecule has 0 saturated heterocycles. The van der Waals surface area contributed by atoms with Gasteiger partial charge in [-0.05, 0) is 61.7 Å². The first-order valence-electron chi connectivity index (χ1n) is 14.5. The molecular formula is C35H39N3O5S. The van der Waals surface area contributed by atoms with Crippen LogP contribution in [0.25, 0.3) is 0 Å². The van der Waals surface area contributed by atoms with Gasteiger partial charge in [-0.2, -0.15) is 0 Å². The maximum absolute atomic E-state index is 14.5. The molecule has 8 nitrogen and oxygen atoms in total. The number of sulfonamides is 1. The van der Waals surface area contributed by atoms with E-state index in [2.05, 4.69) is 5.32 Å². The Bertz CT molecular complexity index is 1670. The second kappa shape index (κ2) is 14.7. The summed E-state index contributed by atoms with van der Waals surface area (Å²) in [7, 11) is -2.70. The molecule has 9 heteroatoms. The Morgan fingerprint density at radius 1 is 0.864 bits per heavy atom. The molecule has 2 amide bonds. The molecule has 0 radical (unpaired) electrons. The van der Waals surface area contributed by atoms with Crippen LogP contribution in [0.5, 0.6) is 5.75 Å². The van der Waals surface area contributed by atoms with Crippen molar-refractivity contribution in [3.63, 3.8) is 0 Å². The molecule has 4 aromatic carbocycles. The van der Waals surface area contributed by atoms with Gasteiger partial charge in [0.25, 0.3) is 10.0 Å². The van der Waals surface area contributed by atoms with Crippen LogP contribution < -0.4 is 14.4 Å². The molecule has 0 aliphatic rings. The van der Waals surface area contributed by atoms with Crippen LogP contribution in [0.15, 0.2) is 108 Å². The van der Waals surface area contributed by atoms with Gasteiger partial charge in [-0.15, -0.1) is 0 Å². The second-order valence-electron chi connectivity index (χ2n) is 10.6. The molecule has 1 N–H and O–H groups in total. The van der Waals surface area contributed by atoms with Crippen LogP contribution in [0.4, 0.5) is 5.69 Å². The second-order valence-corrected chi connectivity index (χ2v) is 12.4. The zero-order chi connectivity index (χ0) is 31.7. The summed E-state index contributed by atoms with van der Waals surface area (Å²) in [6.07, 6.45) is 0.258. The van der Waals surface area contributed by atoms with Gasteiger partial charge in [0.2, 0.25) is 11.8 Å². The molecule has 44 heavy (non-hydrogen) atoms. The lowest BCUT2D eigenvalue weighted by Gasteiger charge is -2.34. The molecule has 0 unspecified atom stereocenters. The van der Waals surface area contributed by atoms with Gasteiger partial charge in [0, 0.05) is 25.6 Å². The van der Waals surface area contributed by atoms with Gasteiger partial charge in [-0.3, -0.25) is 13.9 Å². The number of anilines is 1. The van der Waals surface area contributed by atoms with Gasteiger partial charge in [-0.1, -0.05) is 78.4 Å². The predicted octanol–water partition coefficient (Wildman–Crippen LogP) is 5.28. The lowest BCUT2D eigenvalue weighted by molar-refractivity contribution is -0.140. The molecule has 0 aliphatic heterocycles. The van der Waals surface area contributed by atoms with Crippen LogP contribution >= 0.6 is 0 Å². The summed E-state index contributed by atoms with van der Waals surface area (Å²) in [5.41, 5.74) is 3.87. The number of methoxy groups -OCH3 is 1. The average molecular weight is 614 g/mol. The molecule has 4 rings (SSSR count). The van der Waals surface area contributed by atoms with Gasteiger partial charge in [0.1, 0.15) is 18.3 Å². The SMILES string of the molecule is CCNC(=O)[C@@H](Cc1ccccc1)N(Cc1ccccc1C)C(=O)CN(c1cccc(OC)c1)S(=O)(=O)c1ccc(C)cc1. The van der Waals surface area contributed by atoms with Crippen molar-refractivity contribution in [2.45, 2.75) is 44.7 Å². The zero-order valence-corrected chi connectivity index (χ0v) is 26.4. The first-order chi connectivity index (χ1) is 21.1. The number of amides is 2. The number of hydrogen-bond donors (Lipinski definition) is 1. The van der Waals surface area contributed by atoms with Crippen LogP contribution in [0.3, 0.4) is 0 Å². The fraction of sp³-hybridized carbons (Fsp3) is 0.257. The Hall–Kier alpha value is -4.63. The van der Waals surface area contributed by atoms with E-state index in [1.54, 1.807) is 36.4 Å². The Morgan fingerprint density at radius 2 is 1.55 bits per heavy atom. The third-order valence-corrected chi connectivity index (χ3v) is 9.24. The number of aryl methyl sites for hydroxylation is 2. The summed E-state index contributed by atoms with van der Waals surface area (Å²) in [6.45, 7) is 5.62. The number of benzene rings is 4. The van der Waals surface area contributed by atoms with Crippen molar-refractivity contribution in [2.75, 3.05) is 24.5 Å². The first kappa shape index (κ1) is 32.3. The third-order valence-electron chi connectivity index (χ3n) is 7.45. The molecule has 1 atom stereocenters. The fourth-order valence-corrected chi connectivity index (χ4v) is 6.35. The number of carbonyl (C=O) groups excluding carboxylic acids is 2. The van der Waals surface area contributed by atoms with E-state index in [4.69, 9.17) is 4.74 Å². The number of hydrogen-bond acceptors (Lipinski definition) is 5. The molecule has 0 spiro atoms. The summed E-state index contributed by atoms with van der Waals surface area (Å²) >= 11 is 0. The van der Waals surface area contributed by atoms with Crippen molar-refractivity contribution in [1.82, 2.24) is 10.2 Å². The summed E-state index contributed by atoms with van der Waals surface area (Å²) in [6, 6.07) is 29.3. The lowest BCUT2D eigenvalue weighted by atomic mass is 10.0. The van der Waals surface area contributed by atoms with Crippen molar-refractivity contribution < 1.29 is 22.7 Å². The molecule has 0 heterocycles. The van der Waals surface area contributed by atoms with E-state index in [1.807, 2.05) is 75.4 Å². The maximum Gasteiger partial charge on any atom is 0.264 e. The minimum absolute atomic E-state index is 0.0498. The Labute approximate surface area is 260 Å².